The highest BCUT2D eigenvalue weighted by Gasteiger charge is 2.32. The number of hydrogen-bond donors (Lipinski definition) is 0. The molecule has 0 radical (unpaired) electrons. The molecular weight excluding hydrogens is 325 g/mol. The van der Waals surface area contributed by atoms with Crippen LogP contribution in [0.25, 0.3) is 5.57 Å². The molecule has 2 aliphatic rings. The van der Waals surface area contributed by atoms with E-state index in [0.29, 0.717) is 19.4 Å². The van der Waals surface area contributed by atoms with E-state index in [1.807, 2.05) is 6.07 Å². The molecule has 0 aromatic heterocycles. The van der Waals surface area contributed by atoms with Crippen molar-refractivity contribution < 1.29 is 17.9 Å². The van der Waals surface area contributed by atoms with Crippen molar-refractivity contribution in [1.29, 1.82) is 0 Å². The van der Waals surface area contributed by atoms with E-state index in [9.17, 15) is 13.2 Å². The van der Waals surface area contributed by atoms with E-state index < -0.39 is 5.92 Å². The van der Waals surface area contributed by atoms with Crippen molar-refractivity contribution in [3.05, 3.63) is 70.5 Å². The normalized spacial score (nSPS) is 18.4. The fraction of sp³-hybridized carbons (Fsp3) is 0.333. The predicted octanol–water partition coefficient (Wildman–Crippen LogP) is 5.55. The summed E-state index contributed by atoms with van der Waals surface area (Å²) in [5.41, 5.74) is 5.15. The van der Waals surface area contributed by atoms with Gasteiger partial charge < -0.3 is 4.74 Å². The molecule has 0 spiro atoms. The number of allylic oxidation sites excluding steroid dienone is 2. The highest BCUT2D eigenvalue weighted by Crippen LogP contribution is 2.42. The molecule has 25 heavy (non-hydrogen) atoms. The third kappa shape index (κ3) is 3.44. The number of alkyl halides is 2. The Morgan fingerprint density at radius 2 is 1.80 bits per heavy atom. The summed E-state index contributed by atoms with van der Waals surface area (Å²) in [7, 11) is 0. The Morgan fingerprint density at radius 3 is 2.52 bits per heavy atom. The molecule has 1 aliphatic heterocycles. The smallest absolute Gasteiger partial charge is 0.251 e. The molecule has 2 aromatic rings. The number of ether oxygens (including phenoxy) is 1. The lowest BCUT2D eigenvalue weighted by atomic mass is 9.88. The van der Waals surface area contributed by atoms with E-state index in [2.05, 4.69) is 6.07 Å². The molecule has 0 bridgehead atoms. The lowest BCUT2D eigenvalue weighted by Crippen LogP contribution is -2.18. The van der Waals surface area contributed by atoms with Crippen LogP contribution in [0.2, 0.25) is 0 Å². The number of benzene rings is 2. The number of halogens is 3. The Labute approximate surface area is 145 Å². The quantitative estimate of drug-likeness (QED) is 0.709. The minimum absolute atomic E-state index is 0.115. The average Bonchev–Trinajstić information content (AvgIpc) is 3.05. The van der Waals surface area contributed by atoms with Crippen LogP contribution in [0.3, 0.4) is 0 Å². The standard InChI is InChI=1S/C21H19F3O/c22-18-3-1-14(2-4-18)11-15-12-17-7-10-25-20(17)19(13-15)16-5-8-21(23,24)9-6-16/h1-5,12-13H,6-11H2. The number of rotatable bonds is 3. The SMILES string of the molecule is Fc1ccc(Cc2cc3c(c(C4=CCC(F)(F)CC4)c2)OCC3)cc1. The van der Waals surface area contributed by atoms with Gasteiger partial charge in [0.05, 0.1) is 6.61 Å². The summed E-state index contributed by atoms with van der Waals surface area (Å²) in [5.74, 6) is -2.00. The zero-order valence-corrected chi connectivity index (χ0v) is 13.8. The molecule has 0 unspecified atom stereocenters. The number of hydrogen-bond acceptors (Lipinski definition) is 1. The van der Waals surface area contributed by atoms with Crippen molar-refractivity contribution in [2.24, 2.45) is 0 Å². The second-order valence-corrected chi connectivity index (χ2v) is 6.82. The van der Waals surface area contributed by atoms with Gasteiger partial charge in [0.1, 0.15) is 11.6 Å². The molecule has 0 saturated heterocycles. The van der Waals surface area contributed by atoms with Gasteiger partial charge >= 0.3 is 0 Å². The molecule has 0 fully saturated rings. The minimum Gasteiger partial charge on any atom is -0.492 e. The van der Waals surface area contributed by atoms with Gasteiger partial charge in [-0.25, -0.2) is 13.2 Å². The molecule has 1 aliphatic carbocycles. The first kappa shape index (κ1) is 16.2. The lowest BCUT2D eigenvalue weighted by molar-refractivity contribution is -0.00604. The summed E-state index contributed by atoms with van der Waals surface area (Å²) in [5, 5.41) is 0. The van der Waals surface area contributed by atoms with Crippen LogP contribution < -0.4 is 4.74 Å². The van der Waals surface area contributed by atoms with E-state index in [1.54, 1.807) is 18.2 Å². The van der Waals surface area contributed by atoms with Crippen LogP contribution in [0.15, 0.2) is 42.5 Å². The molecule has 2 aromatic carbocycles. The Morgan fingerprint density at radius 1 is 1.00 bits per heavy atom. The highest BCUT2D eigenvalue weighted by molar-refractivity contribution is 5.74. The minimum atomic E-state index is -2.60. The Bertz CT molecular complexity index is 822. The highest BCUT2D eigenvalue weighted by atomic mass is 19.3. The topological polar surface area (TPSA) is 9.23 Å². The van der Waals surface area contributed by atoms with Crippen LogP contribution >= 0.6 is 0 Å². The van der Waals surface area contributed by atoms with E-state index in [-0.39, 0.29) is 18.7 Å². The van der Waals surface area contributed by atoms with E-state index in [4.69, 9.17) is 4.74 Å². The van der Waals surface area contributed by atoms with Gasteiger partial charge in [-0.15, -0.1) is 0 Å². The maximum absolute atomic E-state index is 13.5. The maximum Gasteiger partial charge on any atom is 0.251 e. The van der Waals surface area contributed by atoms with Gasteiger partial charge in [-0.1, -0.05) is 24.3 Å². The molecule has 4 rings (SSSR count). The predicted molar refractivity (Wildman–Crippen MR) is 91.6 cm³/mol. The lowest BCUT2D eigenvalue weighted by Gasteiger charge is -2.23. The van der Waals surface area contributed by atoms with Crippen molar-refractivity contribution in [3.8, 4) is 5.75 Å². The molecule has 1 nitrogen and oxygen atoms in total. The third-order valence-corrected chi connectivity index (χ3v) is 4.92. The second kappa shape index (κ2) is 6.25. The average molecular weight is 344 g/mol. The summed E-state index contributed by atoms with van der Waals surface area (Å²) in [6, 6.07) is 10.6. The van der Waals surface area contributed by atoms with E-state index in [0.717, 1.165) is 40.0 Å². The van der Waals surface area contributed by atoms with Gasteiger partial charge in [-0.3, -0.25) is 0 Å². The molecule has 4 heteroatoms. The van der Waals surface area contributed by atoms with Crippen LogP contribution in [0.5, 0.6) is 5.75 Å². The third-order valence-electron chi connectivity index (χ3n) is 4.92. The van der Waals surface area contributed by atoms with Gasteiger partial charge in [0.2, 0.25) is 0 Å². The number of fused-ring (bicyclic) bond motifs is 1. The molecule has 130 valence electrons. The van der Waals surface area contributed by atoms with Gasteiger partial charge in [-0.05, 0) is 53.3 Å². The maximum atomic E-state index is 13.5. The van der Waals surface area contributed by atoms with Crippen molar-refractivity contribution >= 4 is 5.57 Å². The molecule has 0 N–H and O–H groups in total. The summed E-state index contributed by atoms with van der Waals surface area (Å²) < 4.78 is 45.8. The van der Waals surface area contributed by atoms with Gasteiger partial charge in [0, 0.05) is 24.8 Å². The van der Waals surface area contributed by atoms with E-state index >= 15 is 0 Å². The fourth-order valence-corrected chi connectivity index (χ4v) is 3.59. The summed E-state index contributed by atoms with van der Waals surface area (Å²) >= 11 is 0. The Kier molecular flexibility index (Phi) is 4.06. The Hall–Kier alpha value is -2.23. The zero-order chi connectivity index (χ0) is 17.4. The largest absolute Gasteiger partial charge is 0.492 e. The van der Waals surface area contributed by atoms with Crippen LogP contribution in [-0.4, -0.2) is 12.5 Å². The van der Waals surface area contributed by atoms with Crippen molar-refractivity contribution in [2.75, 3.05) is 6.61 Å². The first-order valence-electron chi connectivity index (χ1n) is 8.60. The molecule has 0 amide bonds. The summed E-state index contributed by atoms with van der Waals surface area (Å²) in [6.07, 6.45) is 3.22. The van der Waals surface area contributed by atoms with E-state index in [1.165, 1.54) is 12.1 Å². The van der Waals surface area contributed by atoms with Crippen molar-refractivity contribution in [1.82, 2.24) is 0 Å². The van der Waals surface area contributed by atoms with Gasteiger partial charge in [0.15, 0.2) is 0 Å². The van der Waals surface area contributed by atoms with Crippen LogP contribution in [-0.2, 0) is 12.8 Å². The molecule has 1 heterocycles. The van der Waals surface area contributed by atoms with Crippen molar-refractivity contribution in [2.45, 2.75) is 38.0 Å². The first-order chi connectivity index (χ1) is 12.0. The second-order valence-electron chi connectivity index (χ2n) is 6.82. The van der Waals surface area contributed by atoms with Gasteiger partial charge in [0.25, 0.3) is 5.92 Å². The molecular formula is C21H19F3O. The van der Waals surface area contributed by atoms with Gasteiger partial charge in [-0.2, -0.15) is 0 Å². The van der Waals surface area contributed by atoms with Crippen LogP contribution in [0.4, 0.5) is 13.2 Å². The molecule has 0 saturated carbocycles. The summed E-state index contributed by atoms with van der Waals surface area (Å²) in [4.78, 5) is 0. The molecule has 0 atom stereocenters. The summed E-state index contributed by atoms with van der Waals surface area (Å²) in [6.45, 7) is 0.631. The zero-order valence-electron chi connectivity index (χ0n) is 13.8. The fourth-order valence-electron chi connectivity index (χ4n) is 3.59. The van der Waals surface area contributed by atoms with Crippen molar-refractivity contribution in [3.63, 3.8) is 0 Å². The van der Waals surface area contributed by atoms with Crippen LogP contribution in [0, 0.1) is 5.82 Å². The monoisotopic (exact) mass is 344 g/mol. The van der Waals surface area contributed by atoms with Crippen LogP contribution in [0.1, 0.15) is 41.5 Å². The first-order valence-corrected chi connectivity index (χ1v) is 8.60. The Balaban J connectivity index is 1.68.